The Labute approximate surface area is 89.6 Å². The molecule has 1 aromatic rings. The molecule has 1 aliphatic rings. The van der Waals surface area contributed by atoms with Crippen molar-refractivity contribution in [1.82, 2.24) is 0 Å². The maximum atomic E-state index is 9.35. The molecule has 0 amide bonds. The zero-order valence-electron chi connectivity index (χ0n) is 8.90. The summed E-state index contributed by atoms with van der Waals surface area (Å²) in [7, 11) is 0. The van der Waals surface area contributed by atoms with Crippen molar-refractivity contribution in [2.24, 2.45) is 0 Å². The van der Waals surface area contributed by atoms with Gasteiger partial charge in [0, 0.05) is 0 Å². The van der Waals surface area contributed by atoms with Crippen molar-refractivity contribution < 1.29 is 14.6 Å². The van der Waals surface area contributed by atoms with Crippen molar-refractivity contribution in [1.29, 1.82) is 0 Å². The zero-order chi connectivity index (χ0) is 10.7. The van der Waals surface area contributed by atoms with Crippen molar-refractivity contribution in [3.63, 3.8) is 0 Å². The number of benzene rings is 1. The first-order chi connectivity index (χ1) is 7.30. The van der Waals surface area contributed by atoms with Crippen LogP contribution >= 0.6 is 0 Å². The zero-order valence-corrected chi connectivity index (χ0v) is 8.90. The molecule has 0 spiro atoms. The van der Waals surface area contributed by atoms with Crippen LogP contribution in [0.5, 0.6) is 5.75 Å². The number of ether oxygens (including phenoxy) is 2. The maximum Gasteiger partial charge on any atom is 0.119 e. The second-order valence-electron chi connectivity index (χ2n) is 3.89. The first-order valence-electron chi connectivity index (χ1n) is 5.23. The molecular weight excluding hydrogens is 192 g/mol. The van der Waals surface area contributed by atoms with Gasteiger partial charge in [-0.2, -0.15) is 0 Å². The number of hydrogen-bond donors (Lipinski definition) is 1. The van der Waals surface area contributed by atoms with E-state index in [4.69, 9.17) is 9.47 Å². The molecule has 1 aromatic carbocycles. The third-order valence-corrected chi connectivity index (χ3v) is 2.84. The first-order valence-corrected chi connectivity index (χ1v) is 5.23. The molecule has 3 nitrogen and oxygen atoms in total. The van der Waals surface area contributed by atoms with E-state index in [2.05, 4.69) is 0 Å². The van der Waals surface area contributed by atoms with Gasteiger partial charge < -0.3 is 14.6 Å². The number of hydrogen-bond acceptors (Lipinski definition) is 3. The standard InChI is InChI=1S/C12H16O3/c1-2-15-11-5-3-10(4-6-11)12(7-13)8-14-9-12/h3-6,13H,2,7-9H2,1H3. The maximum absolute atomic E-state index is 9.35. The number of rotatable bonds is 4. The molecule has 1 fully saturated rings. The Morgan fingerprint density at radius 1 is 1.33 bits per heavy atom. The fraction of sp³-hybridized carbons (Fsp3) is 0.500. The topological polar surface area (TPSA) is 38.7 Å². The van der Waals surface area contributed by atoms with Crippen LogP contribution in [0.1, 0.15) is 12.5 Å². The fourth-order valence-electron chi connectivity index (χ4n) is 1.77. The lowest BCUT2D eigenvalue weighted by atomic mass is 9.79. The fourth-order valence-corrected chi connectivity index (χ4v) is 1.77. The molecule has 1 aliphatic heterocycles. The van der Waals surface area contributed by atoms with Crippen LogP contribution in [0.4, 0.5) is 0 Å². The van der Waals surface area contributed by atoms with Gasteiger partial charge in [-0.05, 0) is 24.6 Å². The lowest BCUT2D eigenvalue weighted by Gasteiger charge is -2.40. The predicted octanol–water partition coefficient (Wildman–Crippen LogP) is 1.35. The van der Waals surface area contributed by atoms with Gasteiger partial charge in [-0.3, -0.25) is 0 Å². The molecule has 0 saturated carbocycles. The molecule has 0 bridgehead atoms. The highest BCUT2D eigenvalue weighted by Crippen LogP contribution is 2.32. The van der Waals surface area contributed by atoms with Crippen LogP contribution in [-0.2, 0) is 10.2 Å². The van der Waals surface area contributed by atoms with E-state index in [0.29, 0.717) is 19.8 Å². The molecular formula is C12H16O3. The van der Waals surface area contributed by atoms with Crippen LogP contribution < -0.4 is 4.74 Å². The van der Waals surface area contributed by atoms with Crippen molar-refractivity contribution in [2.75, 3.05) is 26.4 Å². The Kier molecular flexibility index (Phi) is 2.93. The summed E-state index contributed by atoms with van der Waals surface area (Å²) < 4.78 is 10.5. The minimum Gasteiger partial charge on any atom is -0.494 e. The summed E-state index contributed by atoms with van der Waals surface area (Å²) in [5, 5.41) is 9.35. The van der Waals surface area contributed by atoms with E-state index in [-0.39, 0.29) is 12.0 Å². The third kappa shape index (κ3) is 1.85. The van der Waals surface area contributed by atoms with Crippen LogP contribution in [0.2, 0.25) is 0 Å². The minimum atomic E-state index is -0.176. The Hall–Kier alpha value is -1.06. The lowest BCUT2D eigenvalue weighted by Crippen LogP contribution is -2.49. The van der Waals surface area contributed by atoms with Crippen molar-refractivity contribution in [3.05, 3.63) is 29.8 Å². The van der Waals surface area contributed by atoms with Crippen molar-refractivity contribution in [3.8, 4) is 5.75 Å². The van der Waals surface area contributed by atoms with Gasteiger partial charge in [-0.15, -0.1) is 0 Å². The summed E-state index contributed by atoms with van der Waals surface area (Å²) in [4.78, 5) is 0. The smallest absolute Gasteiger partial charge is 0.119 e. The van der Waals surface area contributed by atoms with Crippen LogP contribution in [0.3, 0.4) is 0 Å². The lowest BCUT2D eigenvalue weighted by molar-refractivity contribution is -0.0841. The van der Waals surface area contributed by atoms with Crippen LogP contribution in [0.15, 0.2) is 24.3 Å². The monoisotopic (exact) mass is 208 g/mol. The second kappa shape index (κ2) is 4.21. The molecule has 82 valence electrons. The summed E-state index contributed by atoms with van der Waals surface area (Å²) in [6.45, 7) is 3.99. The summed E-state index contributed by atoms with van der Waals surface area (Å²) in [6, 6.07) is 7.89. The van der Waals surface area contributed by atoms with Crippen LogP contribution in [-0.4, -0.2) is 31.5 Å². The SMILES string of the molecule is CCOc1ccc(C2(CO)COC2)cc1. The molecule has 0 unspecified atom stereocenters. The second-order valence-corrected chi connectivity index (χ2v) is 3.89. The van der Waals surface area contributed by atoms with E-state index in [9.17, 15) is 5.11 Å². The Bertz CT molecular complexity index is 309. The Morgan fingerprint density at radius 3 is 2.40 bits per heavy atom. The molecule has 0 radical (unpaired) electrons. The van der Waals surface area contributed by atoms with E-state index >= 15 is 0 Å². The average Bonchev–Trinajstić information content (AvgIpc) is 2.20. The summed E-state index contributed by atoms with van der Waals surface area (Å²) in [5.74, 6) is 0.870. The average molecular weight is 208 g/mol. The summed E-state index contributed by atoms with van der Waals surface area (Å²) >= 11 is 0. The van der Waals surface area contributed by atoms with Gasteiger partial charge in [-0.1, -0.05) is 12.1 Å². The van der Waals surface area contributed by atoms with Gasteiger partial charge in [0.25, 0.3) is 0 Å². The third-order valence-electron chi connectivity index (χ3n) is 2.84. The number of aliphatic hydroxyl groups excluding tert-OH is 1. The highest BCUT2D eigenvalue weighted by atomic mass is 16.5. The summed E-state index contributed by atoms with van der Waals surface area (Å²) in [6.07, 6.45) is 0. The van der Waals surface area contributed by atoms with Crippen molar-refractivity contribution >= 4 is 0 Å². The predicted molar refractivity (Wildman–Crippen MR) is 57.2 cm³/mol. The highest BCUT2D eigenvalue weighted by Gasteiger charge is 2.39. The van der Waals surface area contributed by atoms with Crippen LogP contribution in [0.25, 0.3) is 0 Å². The van der Waals surface area contributed by atoms with Gasteiger partial charge in [-0.25, -0.2) is 0 Å². The van der Waals surface area contributed by atoms with E-state index in [1.165, 1.54) is 0 Å². The van der Waals surface area contributed by atoms with E-state index in [0.717, 1.165) is 11.3 Å². The molecule has 1 heterocycles. The highest BCUT2D eigenvalue weighted by molar-refractivity contribution is 5.34. The largest absolute Gasteiger partial charge is 0.494 e. The quantitative estimate of drug-likeness (QED) is 0.811. The van der Waals surface area contributed by atoms with Gasteiger partial charge in [0.1, 0.15) is 5.75 Å². The molecule has 3 heteroatoms. The van der Waals surface area contributed by atoms with Gasteiger partial charge in [0.15, 0.2) is 0 Å². The molecule has 0 aromatic heterocycles. The van der Waals surface area contributed by atoms with Gasteiger partial charge in [0.2, 0.25) is 0 Å². The normalized spacial score (nSPS) is 18.3. The number of aliphatic hydroxyl groups is 1. The van der Waals surface area contributed by atoms with Gasteiger partial charge >= 0.3 is 0 Å². The molecule has 0 atom stereocenters. The Balaban J connectivity index is 2.15. The molecule has 2 rings (SSSR count). The van der Waals surface area contributed by atoms with E-state index in [1.54, 1.807) is 0 Å². The molecule has 15 heavy (non-hydrogen) atoms. The summed E-state index contributed by atoms with van der Waals surface area (Å²) in [5.41, 5.74) is 0.949. The van der Waals surface area contributed by atoms with Gasteiger partial charge in [0.05, 0.1) is 31.8 Å². The Morgan fingerprint density at radius 2 is 2.00 bits per heavy atom. The molecule has 1 saturated heterocycles. The first kappa shape index (κ1) is 10.5. The van der Waals surface area contributed by atoms with E-state index in [1.807, 2.05) is 31.2 Å². The van der Waals surface area contributed by atoms with Crippen LogP contribution in [0, 0.1) is 0 Å². The van der Waals surface area contributed by atoms with Crippen molar-refractivity contribution in [2.45, 2.75) is 12.3 Å². The molecule has 1 N–H and O–H groups in total. The minimum absolute atomic E-state index is 0.140. The van der Waals surface area contributed by atoms with E-state index < -0.39 is 0 Å². The molecule has 0 aliphatic carbocycles.